The van der Waals surface area contributed by atoms with E-state index in [-0.39, 0.29) is 0 Å². The minimum absolute atomic E-state index is 0.793. The predicted octanol–water partition coefficient (Wildman–Crippen LogP) is 1.02. The molecule has 0 amide bonds. The van der Waals surface area contributed by atoms with Gasteiger partial charge in [0.15, 0.2) is 0 Å². The molecule has 1 saturated heterocycles. The van der Waals surface area contributed by atoms with Crippen LogP contribution in [0.1, 0.15) is 12.8 Å². The molecule has 0 aromatic rings. The zero-order chi connectivity index (χ0) is 6.53. The number of nitrogens with two attached hydrogens (primary N) is 1. The maximum absolute atomic E-state index is 5.28. The van der Waals surface area contributed by atoms with E-state index in [1.165, 1.54) is 24.8 Å². The van der Waals surface area contributed by atoms with Gasteiger partial charge in [-0.1, -0.05) is 11.9 Å². The highest BCUT2D eigenvalue weighted by molar-refractivity contribution is 7.97. The van der Waals surface area contributed by atoms with Crippen molar-refractivity contribution >= 4 is 11.9 Å². The van der Waals surface area contributed by atoms with Gasteiger partial charge in [-0.3, -0.25) is 5.14 Å². The maximum Gasteiger partial charge on any atom is 0.0495 e. The third-order valence-corrected chi connectivity index (χ3v) is 2.14. The first-order valence-corrected chi connectivity index (χ1v) is 4.38. The average Bonchev–Trinajstić information content (AvgIpc) is 2.34. The summed E-state index contributed by atoms with van der Waals surface area (Å²) in [6.45, 7) is 1.92. The number of hydrogen-bond donors (Lipinski definition) is 1. The van der Waals surface area contributed by atoms with Crippen molar-refractivity contribution in [1.29, 1.82) is 0 Å². The lowest BCUT2D eigenvalue weighted by Gasteiger charge is -2.02. The fraction of sp³-hybridized carbons (Fsp3) is 1.00. The Morgan fingerprint density at radius 3 is 3.11 bits per heavy atom. The molecule has 2 nitrogen and oxygen atoms in total. The van der Waals surface area contributed by atoms with Gasteiger partial charge in [0, 0.05) is 19.0 Å². The summed E-state index contributed by atoms with van der Waals surface area (Å²) in [6.07, 6.45) is 2.46. The highest BCUT2D eigenvalue weighted by Crippen LogP contribution is 2.16. The van der Waals surface area contributed by atoms with Crippen molar-refractivity contribution in [3.05, 3.63) is 0 Å². The van der Waals surface area contributed by atoms with Gasteiger partial charge in [0.1, 0.15) is 0 Å². The largest absolute Gasteiger partial charge is 0.381 e. The van der Waals surface area contributed by atoms with Crippen LogP contribution in [0.3, 0.4) is 0 Å². The molecule has 1 atom stereocenters. The van der Waals surface area contributed by atoms with E-state index in [0.29, 0.717) is 0 Å². The van der Waals surface area contributed by atoms with E-state index in [0.717, 1.165) is 24.9 Å². The summed E-state index contributed by atoms with van der Waals surface area (Å²) < 4.78 is 5.20. The van der Waals surface area contributed by atoms with E-state index in [2.05, 4.69) is 0 Å². The highest BCUT2D eigenvalue weighted by Gasteiger charge is 2.14. The molecule has 2 N–H and O–H groups in total. The Morgan fingerprint density at radius 1 is 1.67 bits per heavy atom. The first-order valence-electron chi connectivity index (χ1n) is 3.33. The van der Waals surface area contributed by atoms with Gasteiger partial charge >= 0.3 is 0 Å². The summed E-state index contributed by atoms with van der Waals surface area (Å²) in [4.78, 5) is 0. The summed E-state index contributed by atoms with van der Waals surface area (Å²) in [7, 11) is 0. The van der Waals surface area contributed by atoms with Gasteiger partial charge < -0.3 is 4.74 Å². The Bertz CT molecular complexity index is 73.5. The quantitative estimate of drug-likeness (QED) is 0.605. The van der Waals surface area contributed by atoms with Gasteiger partial charge in [-0.15, -0.1) is 0 Å². The molecule has 3 heteroatoms. The van der Waals surface area contributed by atoms with Crippen molar-refractivity contribution in [2.75, 3.05) is 19.0 Å². The van der Waals surface area contributed by atoms with Crippen molar-refractivity contribution in [2.45, 2.75) is 12.8 Å². The highest BCUT2D eigenvalue weighted by atomic mass is 32.2. The lowest BCUT2D eigenvalue weighted by Crippen LogP contribution is -2.01. The Morgan fingerprint density at radius 2 is 2.56 bits per heavy atom. The monoisotopic (exact) mass is 147 g/mol. The summed E-state index contributed by atoms with van der Waals surface area (Å²) in [6, 6.07) is 0. The van der Waals surface area contributed by atoms with E-state index in [4.69, 9.17) is 9.88 Å². The molecule has 0 bridgehead atoms. The van der Waals surface area contributed by atoms with Crippen molar-refractivity contribution in [3.63, 3.8) is 0 Å². The molecule has 0 aromatic carbocycles. The fourth-order valence-corrected chi connectivity index (χ4v) is 1.52. The van der Waals surface area contributed by atoms with Crippen LogP contribution in [0.2, 0.25) is 0 Å². The molecule has 1 fully saturated rings. The molecular formula is C6H13NOS. The van der Waals surface area contributed by atoms with Gasteiger partial charge in [-0.2, -0.15) is 0 Å². The second-order valence-corrected chi connectivity index (χ2v) is 3.13. The van der Waals surface area contributed by atoms with Crippen molar-refractivity contribution in [3.8, 4) is 0 Å². The molecule has 1 rings (SSSR count). The first-order chi connectivity index (χ1) is 4.43. The maximum atomic E-state index is 5.28. The van der Waals surface area contributed by atoms with E-state index in [1.807, 2.05) is 0 Å². The van der Waals surface area contributed by atoms with Gasteiger partial charge in [0.2, 0.25) is 0 Å². The Hall–Kier alpha value is 0.270. The van der Waals surface area contributed by atoms with Crippen LogP contribution in [-0.4, -0.2) is 19.0 Å². The van der Waals surface area contributed by atoms with Crippen LogP contribution >= 0.6 is 11.9 Å². The predicted molar refractivity (Wildman–Crippen MR) is 40.2 cm³/mol. The van der Waals surface area contributed by atoms with Gasteiger partial charge in [0.25, 0.3) is 0 Å². The molecule has 0 radical (unpaired) electrons. The third-order valence-electron chi connectivity index (χ3n) is 1.67. The van der Waals surface area contributed by atoms with Gasteiger partial charge in [-0.25, -0.2) is 0 Å². The molecule has 1 unspecified atom stereocenters. The van der Waals surface area contributed by atoms with Crippen LogP contribution in [-0.2, 0) is 4.74 Å². The molecular weight excluding hydrogens is 134 g/mol. The number of rotatable bonds is 3. The van der Waals surface area contributed by atoms with Crippen LogP contribution < -0.4 is 5.14 Å². The van der Waals surface area contributed by atoms with Crippen molar-refractivity contribution in [1.82, 2.24) is 0 Å². The molecule has 1 heterocycles. The second kappa shape index (κ2) is 4.14. The summed E-state index contributed by atoms with van der Waals surface area (Å²) >= 11 is 1.43. The molecule has 1 aliphatic rings. The topological polar surface area (TPSA) is 35.2 Å². The molecule has 0 aromatic heterocycles. The molecule has 1 aliphatic heterocycles. The van der Waals surface area contributed by atoms with Crippen LogP contribution in [0.5, 0.6) is 0 Å². The molecule has 0 spiro atoms. The van der Waals surface area contributed by atoms with Crippen LogP contribution in [0.4, 0.5) is 0 Å². The van der Waals surface area contributed by atoms with Crippen molar-refractivity contribution in [2.24, 2.45) is 11.1 Å². The smallest absolute Gasteiger partial charge is 0.0495 e. The van der Waals surface area contributed by atoms with Crippen LogP contribution in [0.25, 0.3) is 0 Å². The fourth-order valence-electron chi connectivity index (χ4n) is 1.05. The number of ether oxygens (including phenoxy) is 1. The van der Waals surface area contributed by atoms with E-state index < -0.39 is 0 Å². The molecule has 9 heavy (non-hydrogen) atoms. The lowest BCUT2D eigenvalue weighted by atomic mass is 10.1. The SMILES string of the molecule is NSCCC1CCOC1. The summed E-state index contributed by atoms with van der Waals surface area (Å²) in [5, 5.41) is 5.28. The zero-order valence-electron chi connectivity index (χ0n) is 5.51. The second-order valence-electron chi connectivity index (χ2n) is 2.39. The van der Waals surface area contributed by atoms with Crippen LogP contribution in [0.15, 0.2) is 0 Å². The van der Waals surface area contributed by atoms with Gasteiger partial charge in [0.05, 0.1) is 0 Å². The minimum Gasteiger partial charge on any atom is -0.381 e. The van der Waals surface area contributed by atoms with E-state index in [1.54, 1.807) is 0 Å². The Balaban J connectivity index is 1.98. The standard InChI is InChI=1S/C6H13NOS/c7-9-4-2-6-1-3-8-5-6/h6H,1-5,7H2. The van der Waals surface area contributed by atoms with E-state index >= 15 is 0 Å². The lowest BCUT2D eigenvalue weighted by molar-refractivity contribution is 0.185. The third kappa shape index (κ3) is 2.56. The molecule has 0 saturated carbocycles. The summed E-state index contributed by atoms with van der Waals surface area (Å²) in [5.74, 6) is 1.87. The van der Waals surface area contributed by atoms with E-state index in [9.17, 15) is 0 Å². The van der Waals surface area contributed by atoms with Crippen LogP contribution in [0, 0.1) is 5.92 Å². The zero-order valence-corrected chi connectivity index (χ0v) is 6.32. The average molecular weight is 147 g/mol. The molecule has 54 valence electrons. The molecule has 0 aliphatic carbocycles. The van der Waals surface area contributed by atoms with Gasteiger partial charge in [-0.05, 0) is 18.8 Å². The Kier molecular flexibility index (Phi) is 3.40. The summed E-state index contributed by atoms with van der Waals surface area (Å²) in [5.41, 5.74) is 0. The normalized spacial score (nSPS) is 27.0. The minimum atomic E-state index is 0.793. The Labute approximate surface area is 60.3 Å². The number of hydrogen-bond acceptors (Lipinski definition) is 3. The first kappa shape index (κ1) is 7.38. The van der Waals surface area contributed by atoms with Crippen molar-refractivity contribution < 1.29 is 4.74 Å².